The number of hydrogen-bond donors (Lipinski definition) is 2. The van der Waals surface area contributed by atoms with Crippen molar-refractivity contribution in [2.24, 2.45) is 5.92 Å². The van der Waals surface area contributed by atoms with E-state index in [0.717, 1.165) is 32.2 Å². The fraction of sp³-hybridized carbons (Fsp3) is 0.625. The van der Waals surface area contributed by atoms with Crippen LogP contribution in [0, 0.1) is 5.92 Å². The van der Waals surface area contributed by atoms with Gasteiger partial charge in [-0.05, 0) is 50.0 Å². The molecule has 2 amide bonds. The molecule has 0 radical (unpaired) electrons. The molecule has 1 aliphatic heterocycles. The van der Waals surface area contributed by atoms with Gasteiger partial charge in [0.1, 0.15) is 0 Å². The first kappa shape index (κ1) is 15.3. The molecule has 1 aliphatic carbocycles. The molecule has 2 fully saturated rings. The van der Waals surface area contributed by atoms with Crippen LogP contribution in [0.5, 0.6) is 0 Å². The summed E-state index contributed by atoms with van der Waals surface area (Å²) >= 11 is 1.70. The molecule has 1 unspecified atom stereocenters. The lowest BCUT2D eigenvalue weighted by atomic mass is 9.86. The Hall–Kier alpha value is -1.56. The van der Waals surface area contributed by atoms with Gasteiger partial charge < -0.3 is 15.3 Å². The monoisotopic (exact) mass is 322 g/mol. The normalized spacial score (nSPS) is 28.5. The van der Waals surface area contributed by atoms with Gasteiger partial charge in [0.25, 0.3) is 0 Å². The summed E-state index contributed by atoms with van der Waals surface area (Å²) in [6.07, 6.45) is 4.92. The van der Waals surface area contributed by atoms with Crippen molar-refractivity contribution in [3.63, 3.8) is 0 Å². The Balaban J connectivity index is 1.55. The van der Waals surface area contributed by atoms with Gasteiger partial charge in [0, 0.05) is 17.5 Å². The van der Waals surface area contributed by atoms with E-state index < -0.39 is 5.97 Å². The molecule has 3 rings (SSSR count). The van der Waals surface area contributed by atoms with Gasteiger partial charge in [-0.25, -0.2) is 4.79 Å². The molecule has 2 heterocycles. The molecule has 0 bridgehead atoms. The van der Waals surface area contributed by atoms with Gasteiger partial charge in [0.05, 0.1) is 12.0 Å². The van der Waals surface area contributed by atoms with Crippen molar-refractivity contribution in [3.8, 4) is 0 Å². The fourth-order valence-corrected chi connectivity index (χ4v) is 4.40. The Morgan fingerprint density at radius 3 is 2.64 bits per heavy atom. The van der Waals surface area contributed by atoms with Crippen LogP contribution in [0.2, 0.25) is 0 Å². The molecular formula is C16H22N2O3S. The van der Waals surface area contributed by atoms with Gasteiger partial charge in [-0.2, -0.15) is 0 Å². The average Bonchev–Trinajstić information content (AvgIpc) is 3.18. The zero-order valence-corrected chi connectivity index (χ0v) is 13.3. The minimum atomic E-state index is -0.706. The number of urea groups is 1. The van der Waals surface area contributed by atoms with Gasteiger partial charge in [0.2, 0.25) is 0 Å². The second-order valence-corrected chi connectivity index (χ2v) is 7.18. The van der Waals surface area contributed by atoms with Crippen molar-refractivity contribution in [1.82, 2.24) is 10.2 Å². The third kappa shape index (κ3) is 3.27. The molecule has 1 aromatic rings. The molecule has 120 valence electrons. The standard InChI is InChI=1S/C16H22N2O3S/c19-15(20)11-5-7-12(8-6-11)17-16(21)18-9-1-3-13(18)14-4-2-10-22-14/h2,4,10-13H,1,3,5-9H2,(H,17,21)(H,19,20). The van der Waals surface area contributed by atoms with Crippen molar-refractivity contribution in [1.29, 1.82) is 0 Å². The molecule has 0 aromatic carbocycles. The van der Waals surface area contributed by atoms with Crippen molar-refractivity contribution in [2.45, 2.75) is 50.6 Å². The number of carboxylic acids is 1. The summed E-state index contributed by atoms with van der Waals surface area (Å²) in [6.45, 7) is 0.804. The summed E-state index contributed by atoms with van der Waals surface area (Å²) in [5.74, 6) is -0.944. The van der Waals surface area contributed by atoms with E-state index in [-0.39, 0.29) is 24.0 Å². The third-order valence-corrected chi connectivity index (χ3v) is 5.76. The number of rotatable bonds is 3. The second-order valence-electron chi connectivity index (χ2n) is 6.20. The molecule has 22 heavy (non-hydrogen) atoms. The molecule has 1 saturated heterocycles. The lowest BCUT2D eigenvalue weighted by Gasteiger charge is -2.30. The van der Waals surface area contributed by atoms with E-state index in [1.807, 2.05) is 11.0 Å². The van der Waals surface area contributed by atoms with Gasteiger partial charge in [-0.15, -0.1) is 11.3 Å². The predicted molar refractivity (Wildman–Crippen MR) is 84.9 cm³/mol. The van der Waals surface area contributed by atoms with Crippen LogP contribution >= 0.6 is 11.3 Å². The number of aliphatic carboxylic acids is 1. The summed E-state index contributed by atoms with van der Waals surface area (Å²) in [5, 5.41) is 14.2. The van der Waals surface area contributed by atoms with Crippen LogP contribution in [0.4, 0.5) is 4.79 Å². The van der Waals surface area contributed by atoms with E-state index in [4.69, 9.17) is 5.11 Å². The topological polar surface area (TPSA) is 69.6 Å². The maximum atomic E-state index is 12.5. The highest BCUT2D eigenvalue weighted by Crippen LogP contribution is 2.34. The lowest BCUT2D eigenvalue weighted by Crippen LogP contribution is -2.46. The van der Waals surface area contributed by atoms with Crippen LogP contribution in [0.15, 0.2) is 17.5 Å². The largest absolute Gasteiger partial charge is 0.481 e. The molecule has 1 saturated carbocycles. The molecule has 1 aromatic heterocycles. The van der Waals surface area contributed by atoms with Gasteiger partial charge in [0.15, 0.2) is 0 Å². The summed E-state index contributed by atoms with van der Waals surface area (Å²) in [6, 6.07) is 4.46. The second kappa shape index (κ2) is 6.69. The quantitative estimate of drug-likeness (QED) is 0.897. The SMILES string of the molecule is O=C(O)C1CCC(NC(=O)N2CCCC2c2cccs2)CC1. The fourth-order valence-electron chi connectivity index (χ4n) is 3.53. The van der Waals surface area contributed by atoms with Crippen molar-refractivity contribution < 1.29 is 14.7 Å². The lowest BCUT2D eigenvalue weighted by molar-refractivity contribution is -0.142. The summed E-state index contributed by atoms with van der Waals surface area (Å²) in [5.41, 5.74) is 0. The Bertz CT molecular complexity index is 524. The molecule has 6 heteroatoms. The minimum Gasteiger partial charge on any atom is -0.481 e. The number of nitrogens with one attached hydrogen (secondary N) is 1. The molecule has 5 nitrogen and oxygen atoms in total. The number of carboxylic acid groups (broad SMARTS) is 1. The van der Waals surface area contributed by atoms with Crippen LogP contribution in [0.3, 0.4) is 0 Å². The number of carbonyl (C=O) groups is 2. The van der Waals surface area contributed by atoms with Crippen LogP contribution in [-0.4, -0.2) is 34.6 Å². The summed E-state index contributed by atoms with van der Waals surface area (Å²) < 4.78 is 0. The van der Waals surface area contributed by atoms with Crippen molar-refractivity contribution >= 4 is 23.3 Å². The third-order valence-electron chi connectivity index (χ3n) is 4.79. The smallest absolute Gasteiger partial charge is 0.318 e. The van der Waals surface area contributed by atoms with Crippen molar-refractivity contribution in [3.05, 3.63) is 22.4 Å². The number of carbonyl (C=O) groups excluding carboxylic acids is 1. The van der Waals surface area contributed by atoms with Crippen LogP contribution in [-0.2, 0) is 4.79 Å². The van der Waals surface area contributed by atoms with Crippen LogP contribution in [0.1, 0.15) is 49.4 Å². The number of likely N-dealkylation sites (tertiary alicyclic amines) is 1. The first-order valence-electron chi connectivity index (χ1n) is 7.98. The maximum Gasteiger partial charge on any atom is 0.318 e. The highest BCUT2D eigenvalue weighted by Gasteiger charge is 2.33. The highest BCUT2D eigenvalue weighted by molar-refractivity contribution is 7.10. The number of amides is 2. The Morgan fingerprint density at radius 2 is 2.00 bits per heavy atom. The molecule has 2 N–H and O–H groups in total. The Morgan fingerprint density at radius 1 is 1.23 bits per heavy atom. The Labute approximate surface area is 134 Å². The Kier molecular flexibility index (Phi) is 4.66. The summed E-state index contributed by atoms with van der Waals surface area (Å²) in [7, 11) is 0. The van der Waals surface area contributed by atoms with Gasteiger partial charge >= 0.3 is 12.0 Å². The van der Waals surface area contributed by atoms with E-state index in [0.29, 0.717) is 12.8 Å². The maximum absolute atomic E-state index is 12.5. The molecule has 2 aliphatic rings. The van der Waals surface area contributed by atoms with Gasteiger partial charge in [-0.3, -0.25) is 4.79 Å². The first-order valence-corrected chi connectivity index (χ1v) is 8.86. The van der Waals surface area contributed by atoms with Crippen LogP contribution < -0.4 is 5.32 Å². The number of hydrogen-bond acceptors (Lipinski definition) is 3. The van der Waals surface area contributed by atoms with E-state index >= 15 is 0 Å². The first-order chi connectivity index (χ1) is 10.6. The van der Waals surface area contributed by atoms with Crippen LogP contribution in [0.25, 0.3) is 0 Å². The van der Waals surface area contributed by atoms with E-state index in [1.54, 1.807) is 11.3 Å². The minimum absolute atomic E-state index is 0.00896. The average molecular weight is 322 g/mol. The number of thiophene rings is 1. The molecule has 0 spiro atoms. The van der Waals surface area contributed by atoms with Gasteiger partial charge in [-0.1, -0.05) is 6.07 Å². The molecular weight excluding hydrogens is 300 g/mol. The zero-order chi connectivity index (χ0) is 15.5. The molecule has 1 atom stereocenters. The summed E-state index contributed by atoms with van der Waals surface area (Å²) in [4.78, 5) is 26.7. The predicted octanol–water partition coefficient (Wildman–Crippen LogP) is 3.24. The van der Waals surface area contributed by atoms with Crippen molar-refractivity contribution in [2.75, 3.05) is 6.54 Å². The zero-order valence-electron chi connectivity index (χ0n) is 12.5. The highest BCUT2D eigenvalue weighted by atomic mass is 32.1. The van der Waals surface area contributed by atoms with E-state index in [1.165, 1.54) is 4.88 Å². The number of nitrogens with zero attached hydrogens (tertiary/aromatic N) is 1. The van der Waals surface area contributed by atoms with E-state index in [2.05, 4.69) is 16.8 Å². The van der Waals surface area contributed by atoms with E-state index in [9.17, 15) is 9.59 Å².